The third-order valence-corrected chi connectivity index (χ3v) is 5.24. The maximum atomic E-state index is 12.6. The highest BCUT2D eigenvalue weighted by Crippen LogP contribution is 2.27. The first-order chi connectivity index (χ1) is 11.3. The highest BCUT2D eigenvalue weighted by atomic mass is 32.1. The van der Waals surface area contributed by atoms with E-state index in [-0.39, 0.29) is 5.91 Å². The van der Waals surface area contributed by atoms with Gasteiger partial charge in [0.25, 0.3) is 0 Å². The molecule has 2 aromatic heterocycles. The number of pyridine rings is 1. The van der Waals surface area contributed by atoms with Crippen molar-refractivity contribution in [3.63, 3.8) is 0 Å². The number of amides is 1. The summed E-state index contributed by atoms with van der Waals surface area (Å²) in [5.41, 5.74) is 3.03. The molecule has 3 heterocycles. The maximum absolute atomic E-state index is 12.6. The molecule has 3 aromatic rings. The van der Waals surface area contributed by atoms with E-state index in [1.165, 1.54) is 4.70 Å². The van der Waals surface area contributed by atoms with Crippen LogP contribution < -0.4 is 4.90 Å². The summed E-state index contributed by atoms with van der Waals surface area (Å²) in [7, 11) is 0. The van der Waals surface area contributed by atoms with Gasteiger partial charge in [-0.25, -0.2) is 4.98 Å². The van der Waals surface area contributed by atoms with E-state index in [1.807, 2.05) is 35.2 Å². The summed E-state index contributed by atoms with van der Waals surface area (Å²) in [6, 6.07) is 12.0. The van der Waals surface area contributed by atoms with Gasteiger partial charge < -0.3 is 4.90 Å². The minimum absolute atomic E-state index is 0.165. The zero-order valence-electron chi connectivity index (χ0n) is 12.7. The molecule has 0 saturated heterocycles. The molecule has 0 spiro atoms. The largest absolute Gasteiger partial charge is 0.311 e. The van der Waals surface area contributed by atoms with Crippen molar-refractivity contribution >= 4 is 33.1 Å². The first-order valence-electron chi connectivity index (χ1n) is 7.90. The van der Waals surface area contributed by atoms with Crippen molar-refractivity contribution in [3.05, 3.63) is 53.3 Å². The zero-order chi connectivity index (χ0) is 15.6. The van der Waals surface area contributed by atoms with Crippen LogP contribution in [-0.4, -0.2) is 22.4 Å². The number of aromatic nitrogens is 2. The first-order valence-corrected chi connectivity index (χ1v) is 8.71. The van der Waals surface area contributed by atoms with Crippen LogP contribution in [0.5, 0.6) is 0 Å². The lowest BCUT2D eigenvalue weighted by Gasteiger charge is -2.28. The van der Waals surface area contributed by atoms with Crippen LogP contribution in [0.1, 0.15) is 23.5 Å². The van der Waals surface area contributed by atoms with Gasteiger partial charge in [0, 0.05) is 25.6 Å². The first kappa shape index (κ1) is 14.3. The van der Waals surface area contributed by atoms with Crippen LogP contribution in [0, 0.1) is 0 Å². The van der Waals surface area contributed by atoms with Gasteiger partial charge in [0.15, 0.2) is 0 Å². The molecular weight excluding hydrogens is 306 g/mol. The van der Waals surface area contributed by atoms with Gasteiger partial charge in [0.05, 0.1) is 26.6 Å². The molecule has 4 nitrogen and oxygen atoms in total. The van der Waals surface area contributed by atoms with Crippen molar-refractivity contribution in [1.29, 1.82) is 0 Å². The fraction of sp³-hybridized carbons (Fsp3) is 0.278. The third-order valence-electron chi connectivity index (χ3n) is 4.14. The summed E-state index contributed by atoms with van der Waals surface area (Å²) < 4.78 is 1.18. The standard InChI is InChI=1S/C18H17N3OS/c22-18(21-12-4-6-13-15(21)7-3-11-19-13)10-9-17-20-14-5-1-2-8-16(14)23-17/h1-3,5,7-8,11H,4,6,9-10,12H2. The number of anilines is 1. The van der Waals surface area contributed by atoms with Crippen LogP contribution in [0.4, 0.5) is 5.69 Å². The quantitative estimate of drug-likeness (QED) is 0.740. The summed E-state index contributed by atoms with van der Waals surface area (Å²) in [6.45, 7) is 0.789. The Morgan fingerprint density at radius 2 is 2.13 bits per heavy atom. The van der Waals surface area contributed by atoms with Crippen molar-refractivity contribution in [3.8, 4) is 0 Å². The summed E-state index contributed by atoms with van der Waals surface area (Å²) in [6.07, 6.45) is 4.93. The Morgan fingerprint density at radius 1 is 1.22 bits per heavy atom. The fourth-order valence-electron chi connectivity index (χ4n) is 3.03. The molecule has 0 radical (unpaired) electrons. The second-order valence-corrected chi connectivity index (χ2v) is 6.81. The lowest BCUT2D eigenvalue weighted by Crippen LogP contribution is -2.35. The van der Waals surface area contributed by atoms with E-state index < -0.39 is 0 Å². The summed E-state index contributed by atoms with van der Waals surface area (Å²) >= 11 is 1.68. The predicted molar refractivity (Wildman–Crippen MR) is 92.9 cm³/mol. The van der Waals surface area contributed by atoms with E-state index in [2.05, 4.69) is 16.0 Å². The molecular formula is C18H17N3OS. The van der Waals surface area contributed by atoms with Gasteiger partial charge in [0.1, 0.15) is 0 Å². The number of carbonyl (C=O) groups is 1. The van der Waals surface area contributed by atoms with E-state index in [0.29, 0.717) is 12.8 Å². The average Bonchev–Trinajstić information content (AvgIpc) is 3.02. The Morgan fingerprint density at radius 3 is 3.04 bits per heavy atom. The van der Waals surface area contributed by atoms with Crippen molar-refractivity contribution < 1.29 is 4.79 Å². The number of thiazole rings is 1. The van der Waals surface area contributed by atoms with Crippen LogP contribution in [0.3, 0.4) is 0 Å². The number of para-hydroxylation sites is 1. The third kappa shape index (κ3) is 2.84. The smallest absolute Gasteiger partial charge is 0.227 e. The summed E-state index contributed by atoms with van der Waals surface area (Å²) in [4.78, 5) is 23.5. The Balaban J connectivity index is 1.48. The minimum Gasteiger partial charge on any atom is -0.311 e. The Hall–Kier alpha value is -2.27. The lowest BCUT2D eigenvalue weighted by atomic mass is 10.1. The molecule has 5 heteroatoms. The molecule has 0 saturated carbocycles. The Kier molecular flexibility index (Phi) is 3.79. The molecule has 4 rings (SSSR count). The second kappa shape index (κ2) is 6.08. The SMILES string of the molecule is O=C(CCc1nc2ccccc2s1)N1CCCc2ncccc21. The van der Waals surface area contributed by atoms with Crippen LogP contribution in [0.2, 0.25) is 0 Å². The van der Waals surface area contributed by atoms with Gasteiger partial charge in [-0.3, -0.25) is 9.78 Å². The number of nitrogens with zero attached hydrogens (tertiary/aromatic N) is 3. The molecule has 0 N–H and O–H groups in total. The number of fused-ring (bicyclic) bond motifs is 2. The highest BCUT2D eigenvalue weighted by Gasteiger charge is 2.22. The van der Waals surface area contributed by atoms with Crippen LogP contribution in [0.25, 0.3) is 10.2 Å². The minimum atomic E-state index is 0.165. The normalized spacial score (nSPS) is 14.0. The fourth-order valence-corrected chi connectivity index (χ4v) is 3.99. The average molecular weight is 323 g/mol. The van der Waals surface area contributed by atoms with Gasteiger partial charge in [-0.05, 0) is 37.1 Å². The van der Waals surface area contributed by atoms with Crippen molar-refractivity contribution in [2.45, 2.75) is 25.7 Å². The van der Waals surface area contributed by atoms with E-state index in [9.17, 15) is 4.79 Å². The van der Waals surface area contributed by atoms with Gasteiger partial charge >= 0.3 is 0 Å². The number of hydrogen-bond acceptors (Lipinski definition) is 4. The molecule has 1 amide bonds. The number of rotatable bonds is 3. The summed E-state index contributed by atoms with van der Waals surface area (Å²) in [5, 5.41) is 1.03. The molecule has 1 aliphatic rings. The van der Waals surface area contributed by atoms with Gasteiger partial charge in [0.2, 0.25) is 5.91 Å². The Labute approximate surface area is 138 Å². The zero-order valence-corrected chi connectivity index (χ0v) is 13.6. The molecule has 116 valence electrons. The monoisotopic (exact) mass is 323 g/mol. The number of benzene rings is 1. The number of carbonyl (C=O) groups excluding carboxylic acids is 1. The van der Waals surface area contributed by atoms with E-state index >= 15 is 0 Å². The van der Waals surface area contributed by atoms with E-state index in [4.69, 9.17) is 0 Å². The van der Waals surface area contributed by atoms with E-state index in [0.717, 1.165) is 41.3 Å². The molecule has 1 aliphatic heterocycles. The molecule has 0 fully saturated rings. The molecule has 23 heavy (non-hydrogen) atoms. The van der Waals surface area contributed by atoms with Crippen LogP contribution in [0.15, 0.2) is 42.6 Å². The molecule has 0 bridgehead atoms. The van der Waals surface area contributed by atoms with Gasteiger partial charge in [-0.15, -0.1) is 11.3 Å². The van der Waals surface area contributed by atoms with Crippen molar-refractivity contribution in [1.82, 2.24) is 9.97 Å². The lowest BCUT2D eigenvalue weighted by molar-refractivity contribution is -0.118. The van der Waals surface area contributed by atoms with Crippen molar-refractivity contribution in [2.24, 2.45) is 0 Å². The van der Waals surface area contributed by atoms with Crippen molar-refractivity contribution in [2.75, 3.05) is 11.4 Å². The Bertz CT molecular complexity index is 825. The van der Waals surface area contributed by atoms with Crippen LogP contribution >= 0.6 is 11.3 Å². The molecule has 0 aliphatic carbocycles. The predicted octanol–water partition coefficient (Wildman–Crippen LogP) is 3.60. The topological polar surface area (TPSA) is 46.1 Å². The molecule has 1 aromatic carbocycles. The maximum Gasteiger partial charge on any atom is 0.227 e. The molecule has 0 atom stereocenters. The van der Waals surface area contributed by atoms with E-state index in [1.54, 1.807) is 17.5 Å². The van der Waals surface area contributed by atoms with Gasteiger partial charge in [-0.1, -0.05) is 12.1 Å². The highest BCUT2D eigenvalue weighted by molar-refractivity contribution is 7.18. The number of aryl methyl sites for hydroxylation is 2. The van der Waals surface area contributed by atoms with Gasteiger partial charge in [-0.2, -0.15) is 0 Å². The summed E-state index contributed by atoms with van der Waals surface area (Å²) in [5.74, 6) is 0.165. The number of hydrogen-bond donors (Lipinski definition) is 0. The molecule has 0 unspecified atom stereocenters. The van der Waals surface area contributed by atoms with Crippen LogP contribution in [-0.2, 0) is 17.6 Å². The second-order valence-electron chi connectivity index (χ2n) is 5.69.